The fourth-order valence-electron chi connectivity index (χ4n) is 2.41. The van der Waals surface area contributed by atoms with Crippen LogP contribution in [0.15, 0.2) is 36.2 Å². The van der Waals surface area contributed by atoms with E-state index < -0.39 is 5.43 Å². The summed E-state index contributed by atoms with van der Waals surface area (Å²) in [6.07, 6.45) is 3.53. The number of pyridine rings is 1. The first-order valence-electron chi connectivity index (χ1n) is 7.44. The van der Waals surface area contributed by atoms with Gasteiger partial charge in [-0.3, -0.25) is 9.69 Å². The maximum atomic E-state index is 11.9. The van der Waals surface area contributed by atoms with Crippen molar-refractivity contribution in [2.45, 2.75) is 33.5 Å². The summed E-state index contributed by atoms with van der Waals surface area (Å²) in [7, 11) is 0. The third-order valence-electron chi connectivity index (χ3n) is 3.33. The number of hydrogen-bond donors (Lipinski definition) is 2. The van der Waals surface area contributed by atoms with Gasteiger partial charge >= 0.3 is 0 Å². The van der Waals surface area contributed by atoms with Gasteiger partial charge < -0.3 is 14.8 Å². The number of rotatable bonds is 9. The van der Waals surface area contributed by atoms with Crippen LogP contribution in [0.4, 0.5) is 0 Å². The van der Waals surface area contributed by atoms with Gasteiger partial charge in [-0.2, -0.15) is 0 Å². The molecule has 0 bridgehead atoms. The molecule has 5 heteroatoms. The maximum absolute atomic E-state index is 11.9. The molecule has 0 atom stereocenters. The first-order chi connectivity index (χ1) is 10.4. The lowest BCUT2D eigenvalue weighted by Crippen LogP contribution is -2.29. The summed E-state index contributed by atoms with van der Waals surface area (Å²) in [6, 6.07) is 1.30. The highest BCUT2D eigenvalue weighted by Crippen LogP contribution is 2.19. The monoisotopic (exact) mass is 306 g/mol. The first-order valence-corrected chi connectivity index (χ1v) is 7.44. The second kappa shape index (κ2) is 8.56. The van der Waals surface area contributed by atoms with E-state index in [2.05, 4.69) is 13.2 Å². The lowest BCUT2D eigenvalue weighted by atomic mass is 10.1. The Hall–Kier alpha value is -1.85. The van der Waals surface area contributed by atoms with Crippen LogP contribution in [0.3, 0.4) is 0 Å². The molecular formula is C17H26N2O3. The molecule has 0 amide bonds. The molecule has 1 aromatic heterocycles. The fourth-order valence-corrected chi connectivity index (χ4v) is 2.41. The van der Waals surface area contributed by atoms with Crippen molar-refractivity contribution in [2.24, 2.45) is 5.92 Å². The topological polar surface area (TPSA) is 65.7 Å². The molecule has 2 N–H and O–H groups in total. The van der Waals surface area contributed by atoms with Crippen LogP contribution in [-0.2, 0) is 19.7 Å². The Bertz CT molecular complexity index is 566. The molecule has 1 aromatic rings. The summed E-state index contributed by atoms with van der Waals surface area (Å²) < 4.78 is 1.83. The average Bonchev–Trinajstić information content (AvgIpc) is 2.46. The Morgan fingerprint density at radius 3 is 2.36 bits per heavy atom. The van der Waals surface area contributed by atoms with Gasteiger partial charge in [0.1, 0.15) is 0 Å². The van der Waals surface area contributed by atoms with E-state index in [0.717, 1.165) is 0 Å². The summed E-state index contributed by atoms with van der Waals surface area (Å²) >= 11 is 0. The zero-order chi connectivity index (χ0) is 16.7. The molecule has 0 saturated carbocycles. The van der Waals surface area contributed by atoms with Crippen molar-refractivity contribution in [3.63, 3.8) is 0 Å². The quantitative estimate of drug-likeness (QED) is 0.684. The minimum atomic E-state index is -0.462. The fraction of sp³-hybridized carbons (Fsp3) is 0.471. The van der Waals surface area contributed by atoms with Gasteiger partial charge in [0, 0.05) is 37.9 Å². The molecule has 0 saturated heterocycles. The van der Waals surface area contributed by atoms with Gasteiger partial charge in [0.25, 0.3) is 0 Å². The van der Waals surface area contributed by atoms with Crippen molar-refractivity contribution < 1.29 is 10.2 Å². The smallest absolute Gasteiger partial charge is 0.223 e. The van der Waals surface area contributed by atoms with Crippen LogP contribution in [0.1, 0.15) is 25.2 Å². The molecule has 22 heavy (non-hydrogen) atoms. The van der Waals surface area contributed by atoms with Crippen LogP contribution in [0.5, 0.6) is 5.75 Å². The molecule has 0 aromatic carbocycles. The molecule has 0 spiro atoms. The van der Waals surface area contributed by atoms with Crippen LogP contribution in [-0.4, -0.2) is 32.8 Å². The number of aliphatic hydroxyl groups excluding tert-OH is 1. The number of aliphatic hydroxyl groups is 1. The lowest BCUT2D eigenvalue weighted by molar-refractivity contribution is 0.257. The summed E-state index contributed by atoms with van der Waals surface area (Å²) in [4.78, 5) is 13.9. The molecule has 0 fully saturated rings. The average molecular weight is 306 g/mol. The predicted octanol–water partition coefficient (Wildman–Crippen LogP) is 1.88. The molecule has 0 aliphatic heterocycles. The van der Waals surface area contributed by atoms with Gasteiger partial charge in [0.2, 0.25) is 5.43 Å². The van der Waals surface area contributed by atoms with Gasteiger partial charge in [-0.05, 0) is 5.92 Å². The van der Waals surface area contributed by atoms with E-state index in [9.17, 15) is 15.0 Å². The minimum absolute atomic E-state index is 0.238. The number of hydrogen-bond acceptors (Lipinski definition) is 4. The van der Waals surface area contributed by atoms with Crippen molar-refractivity contribution in [3.8, 4) is 5.75 Å². The molecular weight excluding hydrogens is 280 g/mol. The Balaban J connectivity index is 3.34. The summed E-state index contributed by atoms with van der Waals surface area (Å²) in [5, 5.41) is 19.7. The van der Waals surface area contributed by atoms with Crippen molar-refractivity contribution in [1.29, 1.82) is 0 Å². The summed E-state index contributed by atoms with van der Waals surface area (Å²) in [6.45, 7) is 13.5. The molecule has 5 nitrogen and oxygen atoms in total. The Kier molecular flexibility index (Phi) is 7.08. The second-order valence-corrected chi connectivity index (χ2v) is 5.73. The second-order valence-electron chi connectivity index (χ2n) is 5.73. The Morgan fingerprint density at radius 2 is 1.91 bits per heavy atom. The molecule has 1 heterocycles. The normalized spacial score (nSPS) is 11.1. The molecule has 0 aliphatic rings. The largest absolute Gasteiger partial charge is 0.503 e. The Morgan fingerprint density at radius 1 is 1.32 bits per heavy atom. The van der Waals surface area contributed by atoms with E-state index in [0.29, 0.717) is 43.5 Å². The lowest BCUT2D eigenvalue weighted by Gasteiger charge is -2.25. The molecule has 0 radical (unpaired) electrons. The van der Waals surface area contributed by atoms with E-state index in [4.69, 9.17) is 0 Å². The summed E-state index contributed by atoms with van der Waals surface area (Å²) in [5.41, 5.74) is 0.578. The van der Waals surface area contributed by atoms with Crippen molar-refractivity contribution in [3.05, 3.63) is 53.0 Å². The van der Waals surface area contributed by atoms with Crippen LogP contribution in [0.2, 0.25) is 0 Å². The van der Waals surface area contributed by atoms with Crippen LogP contribution >= 0.6 is 0 Å². The van der Waals surface area contributed by atoms with Gasteiger partial charge in [0.15, 0.2) is 5.75 Å². The number of aromatic nitrogens is 1. The highest BCUT2D eigenvalue weighted by Gasteiger charge is 2.17. The number of nitrogens with zero attached hydrogens (tertiary/aromatic N) is 2. The zero-order valence-electron chi connectivity index (χ0n) is 13.5. The van der Waals surface area contributed by atoms with Crippen molar-refractivity contribution in [1.82, 2.24) is 9.47 Å². The first kappa shape index (κ1) is 18.2. The van der Waals surface area contributed by atoms with E-state index in [1.807, 2.05) is 23.3 Å². The SMILES string of the molecule is C=CCN(CC=C)Cc1c(O)c(=O)cc(CO)n1CC(C)C. The van der Waals surface area contributed by atoms with E-state index >= 15 is 0 Å². The molecule has 1 rings (SSSR count). The standard InChI is InChI=1S/C17H26N2O3/c1-5-7-18(8-6-2)11-15-17(22)16(21)9-14(12-20)19(15)10-13(3)4/h5-6,9,13,20,22H,1-2,7-8,10-12H2,3-4H3. The van der Waals surface area contributed by atoms with Crippen LogP contribution < -0.4 is 5.43 Å². The third kappa shape index (κ3) is 4.58. The minimum Gasteiger partial charge on any atom is -0.503 e. The van der Waals surface area contributed by atoms with Gasteiger partial charge in [-0.25, -0.2) is 0 Å². The molecule has 0 unspecified atom stereocenters. The van der Waals surface area contributed by atoms with E-state index in [1.54, 1.807) is 12.2 Å². The van der Waals surface area contributed by atoms with Gasteiger partial charge in [-0.1, -0.05) is 26.0 Å². The highest BCUT2D eigenvalue weighted by atomic mass is 16.3. The van der Waals surface area contributed by atoms with Crippen molar-refractivity contribution >= 4 is 0 Å². The molecule has 0 aliphatic carbocycles. The van der Waals surface area contributed by atoms with Crippen molar-refractivity contribution in [2.75, 3.05) is 13.1 Å². The van der Waals surface area contributed by atoms with E-state index in [-0.39, 0.29) is 12.4 Å². The maximum Gasteiger partial charge on any atom is 0.223 e. The zero-order valence-corrected chi connectivity index (χ0v) is 13.5. The number of aromatic hydroxyl groups is 1. The summed E-state index contributed by atoms with van der Waals surface area (Å²) in [5.74, 6) is 0.0641. The van der Waals surface area contributed by atoms with Gasteiger partial charge in [0.05, 0.1) is 12.3 Å². The van der Waals surface area contributed by atoms with Crippen LogP contribution in [0, 0.1) is 5.92 Å². The van der Waals surface area contributed by atoms with E-state index in [1.165, 1.54) is 6.07 Å². The van der Waals surface area contributed by atoms with Gasteiger partial charge in [-0.15, -0.1) is 13.2 Å². The molecule has 122 valence electrons. The van der Waals surface area contributed by atoms with Crippen LogP contribution in [0.25, 0.3) is 0 Å². The predicted molar refractivity (Wildman–Crippen MR) is 88.8 cm³/mol. The Labute approximate surface area is 131 Å². The third-order valence-corrected chi connectivity index (χ3v) is 3.33. The highest BCUT2D eigenvalue weighted by molar-refractivity contribution is 5.30.